The number of halogens is 3. The maximum absolute atomic E-state index is 12.9. The average Bonchev–Trinajstić information content (AvgIpc) is 2.68. The number of pyridine rings is 1. The quantitative estimate of drug-likeness (QED) is 0.644. The average molecular weight is 387 g/mol. The SMILES string of the molecule is Cc1cccn2c(=O)c3c(nc12)CCN(C(=O)c1cccc(C(F)(F)F)c1)C3. The van der Waals surface area contributed by atoms with E-state index < -0.39 is 17.6 Å². The molecule has 0 radical (unpaired) electrons. The highest BCUT2D eigenvalue weighted by Gasteiger charge is 2.32. The lowest BCUT2D eigenvalue weighted by atomic mass is 10.0. The molecule has 0 bridgehead atoms. The fourth-order valence-corrected chi connectivity index (χ4v) is 3.44. The summed E-state index contributed by atoms with van der Waals surface area (Å²) in [5.41, 5.74) is 1.28. The van der Waals surface area contributed by atoms with Gasteiger partial charge in [0.1, 0.15) is 5.65 Å². The van der Waals surface area contributed by atoms with Gasteiger partial charge in [-0.1, -0.05) is 12.1 Å². The molecule has 1 amide bonds. The zero-order valence-corrected chi connectivity index (χ0v) is 15.0. The number of aromatic nitrogens is 2. The van der Waals surface area contributed by atoms with Crippen LogP contribution in [0.2, 0.25) is 0 Å². The van der Waals surface area contributed by atoms with Crippen LogP contribution in [0.3, 0.4) is 0 Å². The van der Waals surface area contributed by atoms with E-state index in [9.17, 15) is 22.8 Å². The van der Waals surface area contributed by atoms with E-state index in [2.05, 4.69) is 4.98 Å². The summed E-state index contributed by atoms with van der Waals surface area (Å²) in [7, 11) is 0. The zero-order chi connectivity index (χ0) is 20.1. The van der Waals surface area contributed by atoms with Crippen LogP contribution in [-0.2, 0) is 19.1 Å². The topological polar surface area (TPSA) is 54.7 Å². The van der Waals surface area contributed by atoms with Crippen molar-refractivity contribution in [2.75, 3.05) is 6.54 Å². The highest BCUT2D eigenvalue weighted by atomic mass is 19.4. The Morgan fingerprint density at radius 1 is 1.18 bits per heavy atom. The smallest absolute Gasteiger partial charge is 0.334 e. The highest BCUT2D eigenvalue weighted by Crippen LogP contribution is 2.30. The molecule has 0 N–H and O–H groups in total. The molecule has 0 saturated carbocycles. The number of fused-ring (bicyclic) bond motifs is 2. The number of alkyl halides is 3. The van der Waals surface area contributed by atoms with Gasteiger partial charge in [0, 0.05) is 24.7 Å². The first kappa shape index (κ1) is 18.2. The fraction of sp³-hybridized carbons (Fsp3) is 0.250. The van der Waals surface area contributed by atoms with Gasteiger partial charge in [-0.3, -0.25) is 14.0 Å². The van der Waals surface area contributed by atoms with Crippen molar-refractivity contribution in [2.24, 2.45) is 0 Å². The Kier molecular flexibility index (Phi) is 4.21. The summed E-state index contributed by atoms with van der Waals surface area (Å²) >= 11 is 0. The maximum Gasteiger partial charge on any atom is 0.416 e. The van der Waals surface area contributed by atoms with Crippen LogP contribution in [0.1, 0.15) is 32.7 Å². The van der Waals surface area contributed by atoms with E-state index in [1.807, 2.05) is 13.0 Å². The number of aryl methyl sites for hydroxylation is 1. The fourth-order valence-electron chi connectivity index (χ4n) is 3.44. The molecule has 144 valence electrons. The number of hydrogen-bond acceptors (Lipinski definition) is 3. The predicted molar refractivity (Wildman–Crippen MR) is 96.1 cm³/mol. The number of benzene rings is 1. The lowest BCUT2D eigenvalue weighted by Gasteiger charge is -2.28. The lowest BCUT2D eigenvalue weighted by Crippen LogP contribution is -2.40. The summed E-state index contributed by atoms with van der Waals surface area (Å²) in [6.45, 7) is 2.17. The molecular weight excluding hydrogens is 371 g/mol. The van der Waals surface area contributed by atoms with Gasteiger partial charge in [0.25, 0.3) is 11.5 Å². The molecule has 3 heterocycles. The van der Waals surface area contributed by atoms with Gasteiger partial charge < -0.3 is 4.90 Å². The molecule has 28 heavy (non-hydrogen) atoms. The van der Waals surface area contributed by atoms with Crippen LogP contribution in [0.25, 0.3) is 5.65 Å². The zero-order valence-electron chi connectivity index (χ0n) is 15.0. The van der Waals surface area contributed by atoms with E-state index in [0.29, 0.717) is 23.3 Å². The van der Waals surface area contributed by atoms with E-state index in [4.69, 9.17) is 0 Å². The number of carbonyl (C=O) groups is 1. The standard InChI is InChI=1S/C20H16F3N3O2/c1-12-4-3-8-26-17(12)24-16-7-9-25(11-15(16)19(26)28)18(27)13-5-2-6-14(10-13)20(21,22)23/h2-6,8,10H,7,9,11H2,1H3. The van der Waals surface area contributed by atoms with Crippen LogP contribution in [0.4, 0.5) is 13.2 Å². The minimum atomic E-state index is -4.52. The van der Waals surface area contributed by atoms with Crippen molar-refractivity contribution >= 4 is 11.6 Å². The summed E-state index contributed by atoms with van der Waals surface area (Å²) in [5.74, 6) is -0.537. The Morgan fingerprint density at radius 3 is 2.71 bits per heavy atom. The molecule has 0 unspecified atom stereocenters. The molecule has 0 fully saturated rings. The van der Waals surface area contributed by atoms with E-state index in [0.717, 1.165) is 17.7 Å². The van der Waals surface area contributed by atoms with Crippen molar-refractivity contribution in [1.82, 2.24) is 14.3 Å². The second kappa shape index (κ2) is 6.47. The largest absolute Gasteiger partial charge is 0.416 e. The monoisotopic (exact) mass is 387 g/mol. The second-order valence-corrected chi connectivity index (χ2v) is 6.78. The van der Waals surface area contributed by atoms with Crippen molar-refractivity contribution in [3.8, 4) is 0 Å². The molecule has 0 spiro atoms. The molecule has 0 atom stereocenters. The van der Waals surface area contributed by atoms with Crippen LogP contribution >= 0.6 is 0 Å². The van der Waals surface area contributed by atoms with E-state index >= 15 is 0 Å². The first-order chi connectivity index (χ1) is 13.3. The number of amides is 1. The third kappa shape index (κ3) is 3.04. The van der Waals surface area contributed by atoms with Gasteiger partial charge in [0.15, 0.2) is 0 Å². The lowest BCUT2D eigenvalue weighted by molar-refractivity contribution is -0.137. The molecule has 5 nitrogen and oxygen atoms in total. The van der Waals surface area contributed by atoms with Gasteiger partial charge in [0.2, 0.25) is 0 Å². The molecule has 0 saturated heterocycles. The summed E-state index contributed by atoms with van der Waals surface area (Å²) in [5, 5.41) is 0. The van der Waals surface area contributed by atoms with Crippen LogP contribution < -0.4 is 5.56 Å². The molecule has 2 aromatic heterocycles. The van der Waals surface area contributed by atoms with Crippen molar-refractivity contribution in [1.29, 1.82) is 0 Å². The number of rotatable bonds is 1. The number of carbonyl (C=O) groups excluding carboxylic acids is 1. The highest BCUT2D eigenvalue weighted by molar-refractivity contribution is 5.94. The first-order valence-electron chi connectivity index (χ1n) is 8.72. The van der Waals surface area contributed by atoms with Crippen molar-refractivity contribution in [3.63, 3.8) is 0 Å². The van der Waals surface area contributed by atoms with Gasteiger partial charge in [0.05, 0.1) is 23.4 Å². The normalized spacial score (nSPS) is 14.2. The Balaban J connectivity index is 1.69. The molecule has 1 aliphatic rings. The van der Waals surface area contributed by atoms with Gasteiger partial charge >= 0.3 is 6.18 Å². The minimum absolute atomic E-state index is 0.0210. The Morgan fingerprint density at radius 2 is 1.96 bits per heavy atom. The Labute approximate surface area is 158 Å². The molecule has 3 aromatic rings. The van der Waals surface area contributed by atoms with Crippen LogP contribution in [0.15, 0.2) is 47.4 Å². The number of hydrogen-bond donors (Lipinski definition) is 0. The molecule has 1 aromatic carbocycles. The Bertz CT molecular complexity index is 1150. The summed E-state index contributed by atoms with van der Waals surface area (Å²) < 4.78 is 40.2. The molecule has 4 rings (SSSR count). The number of nitrogens with zero attached hydrogens (tertiary/aromatic N) is 3. The van der Waals surface area contributed by atoms with E-state index in [1.165, 1.54) is 21.4 Å². The molecule has 8 heteroatoms. The summed E-state index contributed by atoms with van der Waals surface area (Å²) in [6, 6.07) is 7.93. The molecule has 1 aliphatic heterocycles. The van der Waals surface area contributed by atoms with Gasteiger partial charge in [-0.15, -0.1) is 0 Å². The van der Waals surface area contributed by atoms with Crippen molar-refractivity contribution < 1.29 is 18.0 Å². The summed E-state index contributed by atoms with van der Waals surface area (Å²) in [6.07, 6.45) is -2.53. The van der Waals surface area contributed by atoms with Gasteiger partial charge in [-0.2, -0.15) is 13.2 Å². The van der Waals surface area contributed by atoms with Crippen LogP contribution in [0, 0.1) is 6.92 Å². The van der Waals surface area contributed by atoms with Crippen LogP contribution in [-0.4, -0.2) is 26.7 Å². The first-order valence-corrected chi connectivity index (χ1v) is 8.72. The predicted octanol–water partition coefficient (Wildman–Crippen LogP) is 3.22. The minimum Gasteiger partial charge on any atom is -0.334 e. The van der Waals surface area contributed by atoms with Gasteiger partial charge in [-0.05, 0) is 36.8 Å². The third-order valence-electron chi connectivity index (χ3n) is 4.92. The maximum atomic E-state index is 12.9. The molecular formula is C20H16F3N3O2. The van der Waals surface area contributed by atoms with E-state index in [1.54, 1.807) is 12.3 Å². The van der Waals surface area contributed by atoms with Crippen molar-refractivity contribution in [2.45, 2.75) is 26.1 Å². The third-order valence-corrected chi connectivity index (χ3v) is 4.92. The molecule has 0 aliphatic carbocycles. The van der Waals surface area contributed by atoms with E-state index in [-0.39, 0.29) is 24.2 Å². The second-order valence-electron chi connectivity index (χ2n) is 6.78. The summed E-state index contributed by atoms with van der Waals surface area (Å²) in [4.78, 5) is 31.6. The van der Waals surface area contributed by atoms with Crippen molar-refractivity contribution in [3.05, 3.63) is 80.9 Å². The van der Waals surface area contributed by atoms with Gasteiger partial charge in [-0.25, -0.2) is 4.98 Å². The Hall–Kier alpha value is -3.16. The van der Waals surface area contributed by atoms with Crippen LogP contribution in [0.5, 0.6) is 0 Å².